The smallest absolute Gasteiger partial charge is 0.236 e. The Morgan fingerprint density at radius 2 is 2.08 bits per heavy atom. The number of hydrogen-bond acceptors (Lipinski definition) is 2. The SMILES string of the molecule is CC(C)CCCN(C)C(=O)CN. The maximum absolute atomic E-state index is 11.0. The zero-order chi connectivity index (χ0) is 9.56. The average Bonchev–Trinajstić information content (AvgIpc) is 2.02. The van der Waals surface area contributed by atoms with E-state index in [4.69, 9.17) is 5.73 Å². The summed E-state index contributed by atoms with van der Waals surface area (Å²) in [5.41, 5.74) is 5.21. The first-order valence-corrected chi connectivity index (χ1v) is 4.52. The number of nitrogens with zero attached hydrogens (tertiary/aromatic N) is 1. The maximum Gasteiger partial charge on any atom is 0.236 e. The number of nitrogens with two attached hydrogens (primary N) is 1. The van der Waals surface area contributed by atoms with Gasteiger partial charge in [0.25, 0.3) is 0 Å². The van der Waals surface area contributed by atoms with Crippen molar-refractivity contribution in [3.8, 4) is 0 Å². The summed E-state index contributed by atoms with van der Waals surface area (Å²) >= 11 is 0. The molecule has 0 fully saturated rings. The van der Waals surface area contributed by atoms with E-state index in [9.17, 15) is 4.79 Å². The van der Waals surface area contributed by atoms with Crippen LogP contribution in [0.5, 0.6) is 0 Å². The number of rotatable bonds is 5. The van der Waals surface area contributed by atoms with Crippen LogP contribution in [0.25, 0.3) is 0 Å². The lowest BCUT2D eigenvalue weighted by Gasteiger charge is -2.16. The quantitative estimate of drug-likeness (QED) is 0.668. The molecule has 0 saturated heterocycles. The van der Waals surface area contributed by atoms with E-state index in [0.29, 0.717) is 5.92 Å². The molecular weight excluding hydrogens is 152 g/mol. The molecule has 0 aromatic carbocycles. The largest absolute Gasteiger partial charge is 0.345 e. The van der Waals surface area contributed by atoms with E-state index in [2.05, 4.69) is 13.8 Å². The third-order valence-electron chi connectivity index (χ3n) is 1.88. The fourth-order valence-corrected chi connectivity index (χ4v) is 1.02. The molecule has 0 atom stereocenters. The Labute approximate surface area is 74.9 Å². The van der Waals surface area contributed by atoms with Crippen molar-refractivity contribution in [3.63, 3.8) is 0 Å². The second-order valence-electron chi connectivity index (χ2n) is 3.56. The molecule has 0 aliphatic carbocycles. The van der Waals surface area contributed by atoms with Crippen molar-refractivity contribution >= 4 is 5.91 Å². The molecule has 0 radical (unpaired) electrons. The van der Waals surface area contributed by atoms with Gasteiger partial charge in [-0.2, -0.15) is 0 Å². The van der Waals surface area contributed by atoms with Crippen molar-refractivity contribution in [3.05, 3.63) is 0 Å². The van der Waals surface area contributed by atoms with Gasteiger partial charge in [0.15, 0.2) is 0 Å². The van der Waals surface area contributed by atoms with E-state index in [1.807, 2.05) is 0 Å². The Hall–Kier alpha value is -0.570. The molecular formula is C9H20N2O. The Morgan fingerprint density at radius 3 is 2.50 bits per heavy atom. The highest BCUT2D eigenvalue weighted by molar-refractivity contribution is 5.77. The molecule has 3 nitrogen and oxygen atoms in total. The molecule has 2 N–H and O–H groups in total. The van der Waals surface area contributed by atoms with Crippen molar-refractivity contribution in [2.75, 3.05) is 20.1 Å². The van der Waals surface area contributed by atoms with Crippen LogP contribution in [0.4, 0.5) is 0 Å². The Bertz CT molecular complexity index is 134. The predicted molar refractivity (Wildman–Crippen MR) is 50.8 cm³/mol. The molecule has 72 valence electrons. The lowest BCUT2D eigenvalue weighted by molar-refractivity contribution is -0.128. The summed E-state index contributed by atoms with van der Waals surface area (Å²) < 4.78 is 0. The van der Waals surface area contributed by atoms with Crippen molar-refractivity contribution < 1.29 is 4.79 Å². The molecule has 1 amide bonds. The first kappa shape index (κ1) is 11.4. The third-order valence-corrected chi connectivity index (χ3v) is 1.88. The van der Waals surface area contributed by atoms with E-state index in [-0.39, 0.29) is 12.5 Å². The highest BCUT2D eigenvalue weighted by Crippen LogP contribution is 2.03. The fraction of sp³-hybridized carbons (Fsp3) is 0.889. The Balaban J connectivity index is 3.43. The van der Waals surface area contributed by atoms with Gasteiger partial charge in [-0.3, -0.25) is 4.79 Å². The molecule has 0 aliphatic rings. The van der Waals surface area contributed by atoms with E-state index in [0.717, 1.165) is 13.0 Å². The molecule has 0 bridgehead atoms. The molecule has 12 heavy (non-hydrogen) atoms. The summed E-state index contributed by atoms with van der Waals surface area (Å²) in [4.78, 5) is 12.7. The van der Waals surface area contributed by atoms with Gasteiger partial charge in [0.05, 0.1) is 6.54 Å². The Morgan fingerprint density at radius 1 is 1.50 bits per heavy atom. The van der Waals surface area contributed by atoms with Gasteiger partial charge in [0, 0.05) is 13.6 Å². The van der Waals surface area contributed by atoms with Crippen LogP contribution in [0.1, 0.15) is 26.7 Å². The van der Waals surface area contributed by atoms with Crippen LogP contribution in [0.15, 0.2) is 0 Å². The van der Waals surface area contributed by atoms with Crippen LogP contribution in [0, 0.1) is 5.92 Å². The van der Waals surface area contributed by atoms with Gasteiger partial charge in [0.1, 0.15) is 0 Å². The van der Waals surface area contributed by atoms with Crippen LogP contribution in [0.3, 0.4) is 0 Å². The van der Waals surface area contributed by atoms with Gasteiger partial charge in [0.2, 0.25) is 5.91 Å². The minimum Gasteiger partial charge on any atom is -0.345 e. The van der Waals surface area contributed by atoms with Gasteiger partial charge in [-0.15, -0.1) is 0 Å². The van der Waals surface area contributed by atoms with Crippen molar-refractivity contribution in [1.82, 2.24) is 4.90 Å². The lowest BCUT2D eigenvalue weighted by atomic mass is 10.1. The number of likely N-dealkylation sites (N-methyl/N-ethyl adjacent to an activating group) is 1. The van der Waals surface area contributed by atoms with Crippen molar-refractivity contribution in [1.29, 1.82) is 0 Å². The fourth-order valence-electron chi connectivity index (χ4n) is 1.02. The summed E-state index contributed by atoms with van der Waals surface area (Å²) in [6.07, 6.45) is 2.24. The number of carbonyl (C=O) groups excluding carboxylic acids is 1. The van der Waals surface area contributed by atoms with Gasteiger partial charge < -0.3 is 10.6 Å². The Kier molecular flexibility index (Phi) is 5.72. The van der Waals surface area contributed by atoms with E-state index < -0.39 is 0 Å². The van der Waals surface area contributed by atoms with Gasteiger partial charge in [-0.05, 0) is 18.8 Å². The highest BCUT2D eigenvalue weighted by atomic mass is 16.2. The number of amides is 1. The van der Waals surface area contributed by atoms with Crippen LogP contribution >= 0.6 is 0 Å². The minimum absolute atomic E-state index is 0.0266. The first-order chi connectivity index (χ1) is 5.57. The normalized spacial score (nSPS) is 10.4. The minimum atomic E-state index is 0.0266. The van der Waals surface area contributed by atoms with Crippen LogP contribution < -0.4 is 5.73 Å². The molecule has 3 heteroatoms. The first-order valence-electron chi connectivity index (χ1n) is 4.52. The van der Waals surface area contributed by atoms with Crippen LogP contribution in [-0.2, 0) is 4.79 Å². The summed E-state index contributed by atoms with van der Waals surface area (Å²) in [7, 11) is 1.80. The summed E-state index contributed by atoms with van der Waals surface area (Å²) in [6.45, 7) is 5.32. The standard InChI is InChI=1S/C9H20N2O/c1-8(2)5-4-6-11(3)9(12)7-10/h8H,4-7,10H2,1-3H3. The molecule has 0 aromatic heterocycles. The maximum atomic E-state index is 11.0. The molecule has 0 aromatic rings. The van der Waals surface area contributed by atoms with Gasteiger partial charge in [-0.1, -0.05) is 13.8 Å². The van der Waals surface area contributed by atoms with E-state index in [1.54, 1.807) is 11.9 Å². The molecule has 0 unspecified atom stereocenters. The summed E-state index contributed by atoms with van der Waals surface area (Å²) in [5.74, 6) is 0.741. The van der Waals surface area contributed by atoms with Gasteiger partial charge >= 0.3 is 0 Å². The number of hydrogen-bond donors (Lipinski definition) is 1. The van der Waals surface area contributed by atoms with Crippen LogP contribution in [0.2, 0.25) is 0 Å². The topological polar surface area (TPSA) is 46.3 Å². The molecule has 0 saturated carbocycles. The van der Waals surface area contributed by atoms with Gasteiger partial charge in [-0.25, -0.2) is 0 Å². The zero-order valence-electron chi connectivity index (χ0n) is 8.34. The average molecular weight is 172 g/mol. The molecule has 0 heterocycles. The second kappa shape index (κ2) is 6.00. The van der Waals surface area contributed by atoms with E-state index in [1.165, 1.54) is 6.42 Å². The molecule has 0 aliphatic heterocycles. The lowest BCUT2D eigenvalue weighted by Crippen LogP contribution is -2.33. The van der Waals surface area contributed by atoms with E-state index >= 15 is 0 Å². The summed E-state index contributed by atoms with van der Waals surface area (Å²) in [5, 5.41) is 0. The second-order valence-corrected chi connectivity index (χ2v) is 3.56. The third kappa shape index (κ3) is 5.13. The summed E-state index contributed by atoms with van der Waals surface area (Å²) in [6, 6.07) is 0. The molecule has 0 rings (SSSR count). The van der Waals surface area contributed by atoms with Crippen molar-refractivity contribution in [2.45, 2.75) is 26.7 Å². The predicted octanol–water partition coefficient (Wildman–Crippen LogP) is 0.840. The van der Waals surface area contributed by atoms with Crippen LogP contribution in [-0.4, -0.2) is 30.9 Å². The van der Waals surface area contributed by atoms with Crippen molar-refractivity contribution in [2.24, 2.45) is 11.7 Å². The number of carbonyl (C=O) groups is 1. The monoisotopic (exact) mass is 172 g/mol. The highest BCUT2D eigenvalue weighted by Gasteiger charge is 2.04. The zero-order valence-corrected chi connectivity index (χ0v) is 8.34. The molecule has 0 spiro atoms.